The van der Waals surface area contributed by atoms with E-state index in [1.165, 1.54) is 12.3 Å². The van der Waals surface area contributed by atoms with E-state index < -0.39 is 12.1 Å². The quantitative estimate of drug-likeness (QED) is 0.554. The van der Waals surface area contributed by atoms with Gasteiger partial charge in [-0.05, 0) is 42.3 Å². The molecule has 2 aromatic heterocycles. The van der Waals surface area contributed by atoms with E-state index >= 15 is 0 Å². The molecule has 2 saturated heterocycles. The number of anilines is 2. The second kappa shape index (κ2) is 7.36. The van der Waals surface area contributed by atoms with Gasteiger partial charge in [-0.1, -0.05) is 11.6 Å². The summed E-state index contributed by atoms with van der Waals surface area (Å²) in [5.74, 6) is 1.09. The molecule has 5 heterocycles. The number of carbonyl (C=O) groups excluding carboxylic acids is 1. The lowest BCUT2D eigenvalue weighted by molar-refractivity contribution is -0.134. The van der Waals surface area contributed by atoms with Gasteiger partial charge in [0.05, 0.1) is 24.3 Å². The highest BCUT2D eigenvalue weighted by molar-refractivity contribution is 6.30. The van der Waals surface area contributed by atoms with Gasteiger partial charge in [-0.15, -0.1) is 10.2 Å². The van der Waals surface area contributed by atoms with Crippen molar-refractivity contribution < 1.29 is 13.6 Å². The van der Waals surface area contributed by atoms with Crippen LogP contribution < -0.4 is 9.80 Å². The number of fused-ring (bicyclic) bond motifs is 3. The van der Waals surface area contributed by atoms with Crippen molar-refractivity contribution in [1.29, 1.82) is 0 Å². The van der Waals surface area contributed by atoms with Gasteiger partial charge < -0.3 is 14.7 Å². The Morgan fingerprint density at radius 2 is 1.83 bits per heavy atom. The van der Waals surface area contributed by atoms with Crippen LogP contribution in [0.2, 0.25) is 5.02 Å². The summed E-state index contributed by atoms with van der Waals surface area (Å²) in [5.41, 5.74) is 1.91. The zero-order valence-electron chi connectivity index (χ0n) is 18.7. The molecule has 3 aliphatic heterocycles. The summed E-state index contributed by atoms with van der Waals surface area (Å²) in [4.78, 5) is 23.1. The molecule has 3 fully saturated rings. The van der Waals surface area contributed by atoms with Crippen molar-refractivity contribution >= 4 is 29.3 Å². The minimum Gasteiger partial charge on any atom is -0.355 e. The number of hydrogen-bond donors (Lipinski definition) is 0. The first-order chi connectivity index (χ1) is 16.9. The van der Waals surface area contributed by atoms with Crippen LogP contribution in [0.3, 0.4) is 0 Å². The van der Waals surface area contributed by atoms with E-state index in [-0.39, 0.29) is 30.1 Å². The summed E-state index contributed by atoms with van der Waals surface area (Å²) in [7, 11) is 0. The van der Waals surface area contributed by atoms with Crippen LogP contribution in [-0.4, -0.2) is 62.9 Å². The van der Waals surface area contributed by atoms with Crippen LogP contribution in [0.1, 0.15) is 17.8 Å². The molecule has 4 aliphatic rings. The largest absolute Gasteiger partial charge is 0.355 e. The number of aromatic nitrogens is 4. The van der Waals surface area contributed by atoms with Crippen molar-refractivity contribution in [2.75, 3.05) is 36.0 Å². The molecule has 0 bridgehead atoms. The topological polar surface area (TPSA) is 70.4 Å². The molecule has 1 saturated carbocycles. The molecule has 1 unspecified atom stereocenters. The lowest BCUT2D eigenvalue weighted by Crippen LogP contribution is -2.73. The second-order valence-electron chi connectivity index (χ2n) is 10.1. The number of halogens is 3. The van der Waals surface area contributed by atoms with Crippen LogP contribution in [0.15, 0.2) is 36.5 Å². The number of benzene rings is 1. The maximum atomic E-state index is 13.6. The predicted octanol–water partition coefficient (Wildman–Crippen LogP) is 2.98. The number of alkyl halides is 1. The average molecular weight is 498 g/mol. The highest BCUT2D eigenvalue weighted by Crippen LogP contribution is 2.44. The summed E-state index contributed by atoms with van der Waals surface area (Å²) in [6.45, 7) is 3.96. The Morgan fingerprint density at radius 3 is 2.54 bits per heavy atom. The molecule has 8 nitrogen and oxygen atoms in total. The van der Waals surface area contributed by atoms with Crippen LogP contribution in [-0.2, 0) is 17.9 Å². The Kier molecular flexibility index (Phi) is 4.43. The standard InChI is InChI=1S/C24H22ClF2N7O/c25-15-1-3-19-14(5-15)8-31(22(35)17-6-18(17)27)9-21-29-30-23(34(19)21)33-12-24(13-33)10-32(11-24)20-4-2-16(26)7-28-20/h1-5,7,17-18H,6,8-13H2/t17?,18-/m1/s1. The van der Waals surface area contributed by atoms with Gasteiger partial charge in [0, 0.05) is 43.2 Å². The number of pyridine rings is 1. The molecular weight excluding hydrogens is 476 g/mol. The van der Waals surface area contributed by atoms with Gasteiger partial charge in [0.2, 0.25) is 11.9 Å². The van der Waals surface area contributed by atoms with E-state index in [2.05, 4.69) is 25.0 Å². The molecule has 11 heteroatoms. The predicted molar refractivity (Wildman–Crippen MR) is 125 cm³/mol. The van der Waals surface area contributed by atoms with Crippen LogP contribution in [0.5, 0.6) is 0 Å². The summed E-state index contributed by atoms with van der Waals surface area (Å²) in [6.07, 6.45) is 0.478. The zero-order valence-corrected chi connectivity index (χ0v) is 19.5. The van der Waals surface area contributed by atoms with E-state index in [1.807, 2.05) is 22.8 Å². The van der Waals surface area contributed by atoms with Crippen molar-refractivity contribution in [3.05, 3.63) is 58.8 Å². The van der Waals surface area contributed by atoms with Gasteiger partial charge in [0.15, 0.2) is 5.82 Å². The third-order valence-electron chi connectivity index (χ3n) is 7.45. The van der Waals surface area contributed by atoms with Crippen molar-refractivity contribution in [2.45, 2.75) is 25.7 Å². The lowest BCUT2D eigenvalue weighted by atomic mass is 9.73. The Hall–Kier alpha value is -3.27. The lowest BCUT2D eigenvalue weighted by Gasteiger charge is -2.60. The molecule has 0 radical (unpaired) electrons. The molecule has 1 aliphatic carbocycles. The fourth-order valence-electron chi connectivity index (χ4n) is 5.59. The smallest absolute Gasteiger partial charge is 0.232 e. The number of rotatable bonds is 3. The van der Waals surface area contributed by atoms with Gasteiger partial charge in [0.1, 0.15) is 17.8 Å². The minimum absolute atomic E-state index is 0.139. The minimum atomic E-state index is -1.05. The van der Waals surface area contributed by atoms with Gasteiger partial charge in [-0.25, -0.2) is 13.8 Å². The van der Waals surface area contributed by atoms with Gasteiger partial charge in [0.25, 0.3) is 0 Å². The summed E-state index contributed by atoms with van der Waals surface area (Å²) in [5, 5.41) is 9.50. The molecule has 1 spiro atoms. The van der Waals surface area contributed by atoms with E-state index in [0.717, 1.165) is 49.2 Å². The highest BCUT2D eigenvalue weighted by atomic mass is 35.5. The van der Waals surface area contributed by atoms with Crippen molar-refractivity contribution in [3.63, 3.8) is 0 Å². The fraction of sp³-hybridized carbons (Fsp3) is 0.417. The number of carbonyl (C=O) groups is 1. The first kappa shape index (κ1) is 21.0. The zero-order chi connectivity index (χ0) is 23.9. The van der Waals surface area contributed by atoms with Crippen molar-refractivity contribution in [2.24, 2.45) is 11.3 Å². The Bertz CT molecular complexity index is 1330. The number of amides is 1. The molecule has 0 N–H and O–H groups in total. The molecule has 1 aromatic carbocycles. The second-order valence-corrected chi connectivity index (χ2v) is 10.6. The molecule has 35 heavy (non-hydrogen) atoms. The number of nitrogens with zero attached hydrogens (tertiary/aromatic N) is 7. The molecule has 180 valence electrons. The van der Waals surface area contributed by atoms with Crippen molar-refractivity contribution in [1.82, 2.24) is 24.6 Å². The van der Waals surface area contributed by atoms with Crippen LogP contribution in [0, 0.1) is 17.2 Å². The summed E-state index contributed by atoms with van der Waals surface area (Å²) < 4.78 is 28.8. The van der Waals surface area contributed by atoms with Crippen LogP contribution in [0.25, 0.3) is 5.69 Å². The van der Waals surface area contributed by atoms with E-state index in [1.54, 1.807) is 11.0 Å². The van der Waals surface area contributed by atoms with E-state index in [4.69, 9.17) is 11.6 Å². The summed E-state index contributed by atoms with van der Waals surface area (Å²) >= 11 is 6.29. The average Bonchev–Trinajstić information content (AvgIpc) is 3.43. The first-order valence-electron chi connectivity index (χ1n) is 11.7. The molecule has 3 aromatic rings. The fourth-order valence-corrected chi connectivity index (χ4v) is 5.78. The SMILES string of the molecule is O=C(C1C[C@H]1F)N1Cc2cc(Cl)ccc2-n2c(nnc2N2CC3(CN(c4ccc(F)cn4)C3)C2)C1. The number of hydrogen-bond acceptors (Lipinski definition) is 6. The van der Waals surface area contributed by atoms with Gasteiger partial charge >= 0.3 is 0 Å². The Morgan fingerprint density at radius 1 is 1.06 bits per heavy atom. The van der Waals surface area contributed by atoms with Gasteiger partial charge in [-0.3, -0.25) is 9.36 Å². The van der Waals surface area contributed by atoms with E-state index in [0.29, 0.717) is 17.4 Å². The maximum Gasteiger partial charge on any atom is 0.232 e. The molecule has 7 rings (SSSR count). The highest BCUT2D eigenvalue weighted by Gasteiger charge is 2.53. The van der Waals surface area contributed by atoms with E-state index in [9.17, 15) is 13.6 Å². The molecule has 1 amide bonds. The molecule has 2 atom stereocenters. The third-order valence-corrected chi connectivity index (χ3v) is 7.69. The van der Waals surface area contributed by atoms with Crippen LogP contribution in [0.4, 0.5) is 20.5 Å². The monoisotopic (exact) mass is 497 g/mol. The molecular formula is C24H22ClF2N7O. The normalized spacial score (nSPS) is 23.8. The van der Waals surface area contributed by atoms with Crippen molar-refractivity contribution in [3.8, 4) is 5.69 Å². The Labute approximate surface area is 205 Å². The Balaban J connectivity index is 1.14. The third kappa shape index (κ3) is 3.37. The van der Waals surface area contributed by atoms with Gasteiger partial charge in [-0.2, -0.15) is 0 Å². The van der Waals surface area contributed by atoms with Crippen LogP contribution >= 0.6 is 11.6 Å². The summed E-state index contributed by atoms with van der Waals surface area (Å²) in [6, 6.07) is 8.74. The maximum absolute atomic E-state index is 13.6. The first-order valence-corrected chi connectivity index (χ1v) is 12.0.